The molecule has 3 aliphatic rings. The van der Waals surface area contributed by atoms with Crippen LogP contribution in [0.1, 0.15) is 100 Å². The second kappa shape index (κ2) is 11.9. The lowest BCUT2D eigenvalue weighted by Crippen LogP contribution is -2.26. The standard InChI is InChI=1S/C37H42N4O5/c1-8-22-17(3)25-14-27-19(5)24(10-11-32(43)44)36(40-27)35-21(13-33(45)46-7)12-31(42)34-20(6)28(41-37(34)35)16-30-23(9-2)18(4)26(39-30)15-29(22)38-25/h8,14-16,19,21,24,38-41H,1,9-13H2,2-7H3,(H,43,44)/t19?,21?,24-/m0/s1. The van der Waals surface area contributed by atoms with Crippen molar-refractivity contribution in [2.24, 2.45) is 17.8 Å². The van der Waals surface area contributed by atoms with E-state index in [-0.39, 0.29) is 36.9 Å². The number of nitrogens with one attached hydrogen (secondary N) is 4. The molecular weight excluding hydrogens is 580 g/mol. The number of ether oxygens (including phenoxy) is 1. The Morgan fingerprint density at radius 3 is 2.41 bits per heavy atom. The number of carbonyl (C=O) groups is 3. The molecule has 0 amide bonds. The van der Waals surface area contributed by atoms with Gasteiger partial charge in [-0.2, -0.15) is 0 Å². The zero-order chi connectivity index (χ0) is 33.0. The highest BCUT2D eigenvalue weighted by molar-refractivity contribution is 6.07. The smallest absolute Gasteiger partial charge is 0.306 e. The van der Waals surface area contributed by atoms with Gasteiger partial charge in [-0.05, 0) is 74.1 Å². The summed E-state index contributed by atoms with van der Waals surface area (Å²) >= 11 is 0. The zero-order valence-electron chi connectivity index (χ0n) is 27.4. The molecule has 3 atom stereocenters. The van der Waals surface area contributed by atoms with Crippen molar-refractivity contribution in [1.29, 1.82) is 0 Å². The lowest BCUT2D eigenvalue weighted by Gasteiger charge is -2.28. The number of methoxy groups -OCH3 is 1. The van der Waals surface area contributed by atoms with Crippen LogP contribution in [-0.2, 0) is 20.7 Å². The number of ketones is 1. The Kier molecular flexibility index (Phi) is 8.04. The van der Waals surface area contributed by atoms with Crippen LogP contribution in [0.3, 0.4) is 0 Å². The first-order valence-electron chi connectivity index (χ1n) is 16.0. The number of allylic oxidation sites excluding steroid dienone is 3. The monoisotopic (exact) mass is 622 g/mol. The Morgan fingerprint density at radius 2 is 1.74 bits per heavy atom. The lowest BCUT2D eigenvalue weighted by molar-refractivity contribution is -0.141. The molecule has 5 N–H and O–H groups in total. The summed E-state index contributed by atoms with van der Waals surface area (Å²) in [6.07, 6.45) is 9.58. The van der Waals surface area contributed by atoms with Crippen molar-refractivity contribution >= 4 is 47.6 Å². The highest BCUT2D eigenvalue weighted by atomic mass is 16.5. The van der Waals surface area contributed by atoms with Gasteiger partial charge in [-0.3, -0.25) is 14.4 Å². The fourth-order valence-corrected chi connectivity index (χ4v) is 7.71. The molecule has 9 heteroatoms. The molecule has 2 aliphatic heterocycles. The maximum Gasteiger partial charge on any atom is 0.306 e. The number of carboxylic acids is 1. The maximum atomic E-state index is 13.8. The number of carboxylic acid groups (broad SMARTS) is 1. The van der Waals surface area contributed by atoms with E-state index >= 15 is 0 Å². The van der Waals surface area contributed by atoms with Crippen LogP contribution < -0.4 is 16.0 Å². The van der Waals surface area contributed by atoms with Gasteiger partial charge in [-0.15, -0.1) is 0 Å². The number of Topliss-reactive ketones (excluding diaryl/α,β-unsaturated/α-hetero) is 1. The molecule has 1 saturated heterocycles. The molecule has 3 aromatic heterocycles. The second-order valence-electron chi connectivity index (χ2n) is 12.8. The quantitative estimate of drug-likeness (QED) is 0.235. The second-order valence-corrected chi connectivity index (χ2v) is 12.8. The molecular formula is C37H42N4O5. The Bertz CT molecular complexity index is 2000. The van der Waals surface area contributed by atoms with E-state index in [4.69, 9.17) is 4.74 Å². The molecule has 0 spiro atoms. The third-order valence-corrected chi connectivity index (χ3v) is 10.3. The highest BCUT2D eigenvalue weighted by Gasteiger charge is 2.42. The zero-order valence-corrected chi connectivity index (χ0v) is 27.4. The number of esters is 1. The number of hydrogen-bond donors (Lipinski definition) is 5. The number of carbonyl (C=O) groups excluding carboxylic acids is 2. The van der Waals surface area contributed by atoms with Gasteiger partial charge >= 0.3 is 11.9 Å². The van der Waals surface area contributed by atoms with Gasteiger partial charge in [0, 0.05) is 86.5 Å². The maximum absolute atomic E-state index is 13.8. The van der Waals surface area contributed by atoms with Crippen molar-refractivity contribution in [1.82, 2.24) is 20.3 Å². The van der Waals surface area contributed by atoms with Crippen LogP contribution in [0.2, 0.25) is 0 Å². The summed E-state index contributed by atoms with van der Waals surface area (Å²) < 4.78 is 5.07. The van der Waals surface area contributed by atoms with Crippen molar-refractivity contribution in [3.05, 3.63) is 84.8 Å². The molecule has 0 aromatic carbocycles. The van der Waals surface area contributed by atoms with Crippen LogP contribution in [0.4, 0.5) is 0 Å². The van der Waals surface area contributed by atoms with Gasteiger partial charge in [0.05, 0.1) is 19.2 Å². The van der Waals surface area contributed by atoms with Gasteiger partial charge in [0.15, 0.2) is 5.78 Å². The van der Waals surface area contributed by atoms with Crippen molar-refractivity contribution in [2.75, 3.05) is 7.11 Å². The topological polar surface area (TPSA) is 140 Å². The minimum absolute atomic E-state index is 0.00762. The molecule has 240 valence electrons. The molecule has 9 nitrogen and oxygen atoms in total. The van der Waals surface area contributed by atoms with E-state index in [1.807, 2.05) is 13.0 Å². The van der Waals surface area contributed by atoms with Gasteiger partial charge in [-0.1, -0.05) is 26.5 Å². The molecule has 0 saturated carbocycles. The molecule has 8 bridgehead atoms. The van der Waals surface area contributed by atoms with Gasteiger partial charge < -0.3 is 30.1 Å². The van der Waals surface area contributed by atoms with Gasteiger partial charge in [-0.25, -0.2) is 0 Å². The number of aliphatic carboxylic acids is 1. The molecule has 6 rings (SSSR count). The first kappa shape index (κ1) is 31.2. The lowest BCUT2D eigenvalue weighted by atomic mass is 9.76. The van der Waals surface area contributed by atoms with Crippen molar-refractivity contribution < 1.29 is 24.2 Å². The van der Waals surface area contributed by atoms with Crippen molar-refractivity contribution in [3.8, 4) is 0 Å². The summed E-state index contributed by atoms with van der Waals surface area (Å²) in [6, 6.07) is 0. The first-order valence-corrected chi connectivity index (χ1v) is 16.0. The minimum Gasteiger partial charge on any atom is -0.481 e. The number of aromatic amines is 3. The number of hydrogen-bond acceptors (Lipinski definition) is 5. The molecule has 46 heavy (non-hydrogen) atoms. The number of aromatic nitrogens is 3. The minimum atomic E-state index is -0.867. The normalized spacial score (nSPS) is 20.1. The summed E-state index contributed by atoms with van der Waals surface area (Å²) in [7, 11) is 1.35. The van der Waals surface area contributed by atoms with Crippen LogP contribution in [0.5, 0.6) is 0 Å². The molecule has 5 heterocycles. The van der Waals surface area contributed by atoms with E-state index in [0.717, 1.165) is 73.4 Å². The predicted molar refractivity (Wildman–Crippen MR) is 179 cm³/mol. The SMILES string of the molecule is C=Cc1c2[nH]c(c1C)C=C1NC(=C3c4[nH]c(c(C)c4C(=O)CC3CC(=O)OC)C=c3[nH]c(c(C)c3CC)=C2)[C@@H](CCC(=O)O)C1C. The van der Waals surface area contributed by atoms with E-state index in [0.29, 0.717) is 17.7 Å². The summed E-state index contributed by atoms with van der Waals surface area (Å²) in [5.41, 5.74) is 11.9. The van der Waals surface area contributed by atoms with Crippen LogP contribution in [0.25, 0.3) is 29.9 Å². The van der Waals surface area contributed by atoms with Crippen LogP contribution >= 0.6 is 0 Å². The third kappa shape index (κ3) is 5.07. The van der Waals surface area contributed by atoms with Crippen LogP contribution in [0.15, 0.2) is 18.0 Å². The average Bonchev–Trinajstić information content (AvgIpc) is 3.69. The first-order chi connectivity index (χ1) is 22.0. The third-order valence-electron chi connectivity index (χ3n) is 10.3. The predicted octanol–water partition coefficient (Wildman–Crippen LogP) is 5.01. The Balaban J connectivity index is 1.73. The average molecular weight is 623 g/mol. The van der Waals surface area contributed by atoms with E-state index in [2.05, 4.69) is 72.8 Å². The Hall–Kier alpha value is -4.79. The molecule has 1 aliphatic carbocycles. The van der Waals surface area contributed by atoms with Crippen LogP contribution in [0, 0.1) is 38.5 Å². The molecule has 3 aromatic rings. The number of H-pyrrole nitrogens is 3. The number of fused-ring (bicyclic) bond motifs is 7. The van der Waals surface area contributed by atoms with Gasteiger partial charge in [0.1, 0.15) is 0 Å². The van der Waals surface area contributed by atoms with Gasteiger partial charge in [0.2, 0.25) is 0 Å². The molecule has 0 radical (unpaired) electrons. The van der Waals surface area contributed by atoms with E-state index in [1.54, 1.807) is 0 Å². The summed E-state index contributed by atoms with van der Waals surface area (Å²) in [6.45, 7) is 14.5. The van der Waals surface area contributed by atoms with E-state index < -0.39 is 17.9 Å². The van der Waals surface area contributed by atoms with E-state index in [1.165, 1.54) is 12.7 Å². The summed E-state index contributed by atoms with van der Waals surface area (Å²) in [5, 5.41) is 15.3. The number of rotatable bonds is 7. The largest absolute Gasteiger partial charge is 0.481 e. The van der Waals surface area contributed by atoms with Crippen molar-refractivity contribution in [3.63, 3.8) is 0 Å². The van der Waals surface area contributed by atoms with E-state index in [9.17, 15) is 19.5 Å². The Labute approximate surface area is 268 Å². The van der Waals surface area contributed by atoms with Gasteiger partial charge in [0.25, 0.3) is 0 Å². The highest BCUT2D eigenvalue weighted by Crippen LogP contribution is 2.47. The van der Waals surface area contributed by atoms with Crippen molar-refractivity contribution in [2.45, 2.75) is 66.7 Å². The fraction of sp³-hybridized carbons (Fsp3) is 0.378. The molecule has 1 fully saturated rings. The van der Waals surface area contributed by atoms with Crippen LogP contribution in [-0.4, -0.2) is 44.9 Å². The fourth-order valence-electron chi connectivity index (χ4n) is 7.71. The summed E-state index contributed by atoms with van der Waals surface area (Å²) in [4.78, 5) is 49.2. The Morgan fingerprint density at radius 1 is 1.02 bits per heavy atom. The molecule has 2 unspecified atom stereocenters. The summed E-state index contributed by atoms with van der Waals surface area (Å²) in [5.74, 6) is -1.96.